The molecule has 140 valence electrons. The smallest absolute Gasteiger partial charge is 0.262 e. The van der Waals surface area contributed by atoms with Crippen LogP contribution in [0.3, 0.4) is 0 Å². The summed E-state index contributed by atoms with van der Waals surface area (Å²) < 4.78 is 0. The average Bonchev–Trinajstić information content (AvgIpc) is 3.24. The highest BCUT2D eigenvalue weighted by Gasteiger charge is 2.13. The summed E-state index contributed by atoms with van der Waals surface area (Å²) in [5.41, 5.74) is 1.93. The lowest BCUT2D eigenvalue weighted by atomic mass is 10.0. The molecule has 1 saturated heterocycles. The molecule has 2 aromatic carbocycles. The van der Waals surface area contributed by atoms with Gasteiger partial charge in [0.1, 0.15) is 11.6 Å². The Bertz CT molecular complexity index is 895. The first-order valence-electron chi connectivity index (χ1n) is 9.08. The highest BCUT2D eigenvalue weighted by atomic mass is 16.3. The molecule has 1 aliphatic rings. The van der Waals surface area contributed by atoms with Crippen LogP contribution in [-0.4, -0.2) is 48.5 Å². The number of hydrogen-bond donors (Lipinski definition) is 3. The van der Waals surface area contributed by atoms with E-state index in [1.54, 1.807) is 0 Å². The topological polar surface area (TPSA) is 96.6 Å². The fraction of sp³-hybridized carbons (Fsp3) is 0.333. The van der Waals surface area contributed by atoms with Crippen LogP contribution in [0.1, 0.15) is 18.4 Å². The van der Waals surface area contributed by atoms with Gasteiger partial charge in [-0.25, -0.2) is 0 Å². The van der Waals surface area contributed by atoms with E-state index in [9.17, 15) is 15.2 Å². The van der Waals surface area contributed by atoms with Crippen LogP contribution in [0.15, 0.2) is 42.0 Å². The molecular weight excluding hydrogens is 342 g/mol. The number of amides is 1. The Morgan fingerprint density at radius 3 is 2.63 bits per heavy atom. The summed E-state index contributed by atoms with van der Waals surface area (Å²) in [6, 6.07) is 14.0. The fourth-order valence-electron chi connectivity index (χ4n) is 3.20. The summed E-state index contributed by atoms with van der Waals surface area (Å²) in [6.45, 7) is 1.64. The third-order valence-corrected chi connectivity index (χ3v) is 4.70. The first-order chi connectivity index (χ1) is 13.1. The summed E-state index contributed by atoms with van der Waals surface area (Å²) >= 11 is 0. The van der Waals surface area contributed by atoms with E-state index in [1.807, 2.05) is 24.3 Å². The van der Waals surface area contributed by atoms with Crippen LogP contribution in [0.4, 0.5) is 5.69 Å². The minimum Gasteiger partial charge on any atom is -0.394 e. The lowest BCUT2D eigenvalue weighted by molar-refractivity contribution is -0.117. The molecule has 1 atom stereocenters. The predicted molar refractivity (Wildman–Crippen MR) is 105 cm³/mol. The zero-order chi connectivity index (χ0) is 19.2. The zero-order valence-electron chi connectivity index (χ0n) is 15.1. The van der Waals surface area contributed by atoms with Gasteiger partial charge in [-0.05, 0) is 53.5 Å². The molecule has 1 fully saturated rings. The summed E-state index contributed by atoms with van der Waals surface area (Å²) in [5, 5.41) is 31.9. The second-order valence-electron chi connectivity index (χ2n) is 6.70. The van der Waals surface area contributed by atoms with Gasteiger partial charge in [0, 0.05) is 25.3 Å². The van der Waals surface area contributed by atoms with E-state index >= 15 is 0 Å². The Labute approximate surface area is 158 Å². The van der Waals surface area contributed by atoms with Gasteiger partial charge in [-0.1, -0.05) is 18.2 Å². The number of nitriles is 1. The number of rotatable bonds is 6. The second-order valence-corrected chi connectivity index (χ2v) is 6.70. The number of fused-ring (bicyclic) bond motifs is 1. The molecular formula is C21H23N3O3. The Balaban J connectivity index is 1.79. The summed E-state index contributed by atoms with van der Waals surface area (Å²) in [7, 11) is 0. The van der Waals surface area contributed by atoms with Crippen molar-refractivity contribution >= 4 is 28.4 Å². The molecule has 6 heteroatoms. The molecule has 0 radical (unpaired) electrons. The van der Waals surface area contributed by atoms with Crippen molar-refractivity contribution in [3.8, 4) is 6.07 Å². The summed E-state index contributed by atoms with van der Waals surface area (Å²) in [4.78, 5) is 14.4. The Hall–Kier alpha value is -2.88. The minimum atomic E-state index is -1.04. The van der Waals surface area contributed by atoms with Crippen LogP contribution < -0.4 is 10.2 Å². The molecule has 0 saturated carbocycles. The van der Waals surface area contributed by atoms with Crippen molar-refractivity contribution < 1.29 is 15.0 Å². The maximum atomic E-state index is 12.1. The monoisotopic (exact) mass is 365 g/mol. The van der Waals surface area contributed by atoms with Crippen molar-refractivity contribution in [3.63, 3.8) is 0 Å². The van der Waals surface area contributed by atoms with Gasteiger partial charge in [0.2, 0.25) is 0 Å². The van der Waals surface area contributed by atoms with Gasteiger partial charge < -0.3 is 20.4 Å². The molecule has 0 aromatic heterocycles. The summed E-state index contributed by atoms with van der Waals surface area (Å²) in [5.74, 6) is -0.575. The van der Waals surface area contributed by atoms with E-state index in [2.05, 4.69) is 28.4 Å². The standard InChI is InChI=1S/C21H23N3O3/c22-12-18(21(27)23-13-20(26)14-25)10-15-3-4-17-11-19(6-5-16(17)9-15)24-7-1-2-8-24/h3-6,9-11,20,25-26H,1-2,7-8,13-14H2,(H,23,27)/b18-10+. The highest BCUT2D eigenvalue weighted by molar-refractivity contribution is 6.02. The molecule has 1 aliphatic heterocycles. The van der Waals surface area contributed by atoms with Crippen LogP contribution in [0.2, 0.25) is 0 Å². The van der Waals surface area contributed by atoms with Gasteiger partial charge in [0.05, 0.1) is 12.7 Å². The third kappa shape index (κ3) is 4.64. The Morgan fingerprint density at radius 2 is 1.93 bits per heavy atom. The number of aliphatic hydroxyl groups is 2. The number of hydrogen-bond acceptors (Lipinski definition) is 5. The highest BCUT2D eigenvalue weighted by Crippen LogP contribution is 2.26. The molecule has 1 heterocycles. The molecule has 1 unspecified atom stereocenters. The quantitative estimate of drug-likeness (QED) is 0.536. The Kier molecular flexibility index (Phi) is 6.07. The van der Waals surface area contributed by atoms with E-state index < -0.39 is 18.6 Å². The van der Waals surface area contributed by atoms with Gasteiger partial charge >= 0.3 is 0 Å². The molecule has 3 rings (SSSR count). The first-order valence-corrected chi connectivity index (χ1v) is 9.08. The molecule has 1 amide bonds. The normalized spacial score (nSPS) is 15.6. The first kappa shape index (κ1) is 18.9. The second kappa shape index (κ2) is 8.67. The van der Waals surface area contributed by atoms with E-state index in [4.69, 9.17) is 5.11 Å². The molecule has 2 aromatic rings. The minimum absolute atomic E-state index is 0.0480. The van der Waals surface area contributed by atoms with Crippen molar-refractivity contribution in [1.82, 2.24) is 5.32 Å². The van der Waals surface area contributed by atoms with Crippen LogP contribution in [0, 0.1) is 11.3 Å². The maximum absolute atomic E-state index is 12.1. The third-order valence-electron chi connectivity index (χ3n) is 4.70. The lowest BCUT2D eigenvalue weighted by Gasteiger charge is -2.18. The number of carbonyl (C=O) groups is 1. The van der Waals surface area contributed by atoms with Crippen molar-refractivity contribution in [1.29, 1.82) is 5.26 Å². The Morgan fingerprint density at radius 1 is 1.22 bits per heavy atom. The predicted octanol–water partition coefficient (Wildman–Crippen LogP) is 1.82. The van der Waals surface area contributed by atoms with Crippen LogP contribution in [0.25, 0.3) is 16.8 Å². The molecule has 6 nitrogen and oxygen atoms in total. The number of nitrogens with one attached hydrogen (secondary N) is 1. The van der Waals surface area contributed by atoms with E-state index in [1.165, 1.54) is 24.6 Å². The molecule has 0 spiro atoms. The van der Waals surface area contributed by atoms with Gasteiger partial charge in [0.15, 0.2) is 0 Å². The summed E-state index contributed by atoms with van der Waals surface area (Å²) in [6.07, 6.45) is 2.94. The van der Waals surface area contributed by atoms with Gasteiger partial charge in [-0.15, -0.1) is 0 Å². The van der Waals surface area contributed by atoms with Crippen molar-refractivity contribution in [3.05, 3.63) is 47.5 Å². The van der Waals surface area contributed by atoms with Gasteiger partial charge in [-0.2, -0.15) is 5.26 Å². The average molecular weight is 365 g/mol. The van der Waals surface area contributed by atoms with Crippen molar-refractivity contribution in [2.45, 2.75) is 18.9 Å². The van der Waals surface area contributed by atoms with Crippen molar-refractivity contribution in [2.75, 3.05) is 31.1 Å². The lowest BCUT2D eigenvalue weighted by Crippen LogP contribution is -2.34. The largest absolute Gasteiger partial charge is 0.394 e. The van der Waals surface area contributed by atoms with E-state index in [0.717, 1.165) is 29.4 Å². The SMILES string of the molecule is N#C/C(=C\c1ccc2cc(N3CCCC3)ccc2c1)C(=O)NCC(O)CO. The van der Waals surface area contributed by atoms with Gasteiger partial charge in [-0.3, -0.25) is 4.79 Å². The van der Waals surface area contributed by atoms with Crippen LogP contribution in [-0.2, 0) is 4.79 Å². The van der Waals surface area contributed by atoms with E-state index in [-0.39, 0.29) is 12.1 Å². The number of aliphatic hydroxyl groups excluding tert-OH is 2. The van der Waals surface area contributed by atoms with Crippen LogP contribution >= 0.6 is 0 Å². The van der Waals surface area contributed by atoms with Gasteiger partial charge in [0.25, 0.3) is 5.91 Å². The molecule has 0 aliphatic carbocycles. The molecule has 0 bridgehead atoms. The number of anilines is 1. The number of nitrogens with zero attached hydrogens (tertiary/aromatic N) is 2. The zero-order valence-corrected chi connectivity index (χ0v) is 15.1. The molecule has 3 N–H and O–H groups in total. The van der Waals surface area contributed by atoms with Crippen molar-refractivity contribution in [2.24, 2.45) is 0 Å². The number of carbonyl (C=O) groups excluding carboxylic acids is 1. The van der Waals surface area contributed by atoms with E-state index in [0.29, 0.717) is 0 Å². The number of benzene rings is 2. The molecule has 27 heavy (non-hydrogen) atoms. The fourth-order valence-corrected chi connectivity index (χ4v) is 3.20. The maximum Gasteiger partial charge on any atom is 0.262 e. The van der Waals surface area contributed by atoms with Crippen LogP contribution in [0.5, 0.6) is 0 Å².